The van der Waals surface area contributed by atoms with E-state index >= 15 is 0 Å². The molecule has 2 N–H and O–H groups in total. The molecule has 1 amide bonds. The molecule has 0 aromatic heterocycles. The monoisotopic (exact) mass is 388 g/mol. The number of hydrogen-bond donors (Lipinski definition) is 2. The van der Waals surface area contributed by atoms with Crippen LogP contribution in [0.4, 0.5) is 0 Å². The van der Waals surface area contributed by atoms with Gasteiger partial charge < -0.3 is 20.3 Å². The maximum absolute atomic E-state index is 12.1. The van der Waals surface area contributed by atoms with Crippen molar-refractivity contribution >= 4 is 11.9 Å². The first-order valence-electron chi connectivity index (χ1n) is 10.5. The number of aliphatic imine (C=N–C) groups is 1. The van der Waals surface area contributed by atoms with Crippen LogP contribution >= 0.6 is 0 Å². The largest absolute Gasteiger partial charge is 0.497 e. The Kier molecular flexibility index (Phi) is 9.11. The van der Waals surface area contributed by atoms with Gasteiger partial charge >= 0.3 is 0 Å². The lowest BCUT2D eigenvalue weighted by atomic mass is 10.1. The Morgan fingerprint density at radius 1 is 1.29 bits per heavy atom. The summed E-state index contributed by atoms with van der Waals surface area (Å²) in [5.74, 6) is 2.06. The van der Waals surface area contributed by atoms with Gasteiger partial charge in [-0.05, 0) is 50.3 Å². The Labute approximate surface area is 169 Å². The second kappa shape index (κ2) is 11.6. The van der Waals surface area contributed by atoms with E-state index in [4.69, 9.17) is 9.73 Å². The Morgan fingerprint density at radius 3 is 2.68 bits per heavy atom. The van der Waals surface area contributed by atoms with Crippen LogP contribution in [0.15, 0.2) is 29.3 Å². The molecule has 0 bridgehead atoms. The van der Waals surface area contributed by atoms with Gasteiger partial charge in [-0.25, -0.2) is 0 Å². The Hall–Kier alpha value is -2.24. The number of rotatable bonds is 9. The van der Waals surface area contributed by atoms with E-state index in [1.165, 1.54) is 5.56 Å². The van der Waals surface area contributed by atoms with E-state index in [2.05, 4.69) is 29.7 Å². The van der Waals surface area contributed by atoms with E-state index in [0.29, 0.717) is 0 Å². The lowest BCUT2D eigenvalue weighted by Gasteiger charge is -2.20. The van der Waals surface area contributed by atoms with Gasteiger partial charge in [0.05, 0.1) is 7.11 Å². The van der Waals surface area contributed by atoms with Crippen molar-refractivity contribution in [1.82, 2.24) is 15.5 Å². The zero-order valence-corrected chi connectivity index (χ0v) is 17.8. The molecule has 2 rings (SSSR count). The molecule has 1 atom stereocenters. The van der Waals surface area contributed by atoms with Gasteiger partial charge in [-0.1, -0.05) is 26.0 Å². The summed E-state index contributed by atoms with van der Waals surface area (Å²) >= 11 is 0. The normalized spacial score (nSPS) is 17.1. The summed E-state index contributed by atoms with van der Waals surface area (Å²) in [6, 6.07) is 8.54. The first-order valence-corrected chi connectivity index (χ1v) is 10.5. The van der Waals surface area contributed by atoms with Crippen LogP contribution in [0.25, 0.3) is 0 Å². The number of methoxy groups -OCH3 is 1. The number of guanidine groups is 1. The summed E-state index contributed by atoms with van der Waals surface area (Å²) in [7, 11) is 1.69. The molecule has 1 heterocycles. The number of amides is 1. The van der Waals surface area contributed by atoms with Gasteiger partial charge in [0, 0.05) is 38.1 Å². The number of nitrogens with zero attached hydrogens (tertiary/aromatic N) is 2. The number of hydrogen-bond acceptors (Lipinski definition) is 3. The highest BCUT2D eigenvalue weighted by Gasteiger charge is 2.27. The molecule has 0 radical (unpaired) electrons. The zero-order valence-electron chi connectivity index (χ0n) is 17.8. The Morgan fingerprint density at radius 2 is 2.04 bits per heavy atom. The number of ether oxygens (including phenoxy) is 1. The third-order valence-electron chi connectivity index (χ3n) is 4.98. The number of aryl methyl sites for hydroxylation is 1. The number of nitrogens with one attached hydrogen (secondary N) is 2. The molecule has 156 valence electrons. The smallest absolute Gasteiger partial charge is 0.225 e. The van der Waals surface area contributed by atoms with Crippen LogP contribution in [0, 0.1) is 5.92 Å². The molecular formula is C22H36N4O2. The molecule has 6 heteroatoms. The molecule has 28 heavy (non-hydrogen) atoms. The van der Waals surface area contributed by atoms with E-state index in [9.17, 15) is 4.79 Å². The van der Waals surface area contributed by atoms with Crippen molar-refractivity contribution in [1.29, 1.82) is 0 Å². The van der Waals surface area contributed by atoms with Gasteiger partial charge in [0.25, 0.3) is 0 Å². The highest BCUT2D eigenvalue weighted by atomic mass is 16.5. The van der Waals surface area contributed by atoms with Crippen molar-refractivity contribution in [3.8, 4) is 5.75 Å². The highest BCUT2D eigenvalue weighted by Crippen LogP contribution is 2.14. The molecule has 0 saturated carbocycles. The van der Waals surface area contributed by atoms with Gasteiger partial charge in [0.1, 0.15) is 5.75 Å². The van der Waals surface area contributed by atoms with E-state index in [1.54, 1.807) is 7.11 Å². The first kappa shape index (κ1) is 22.1. The fourth-order valence-electron chi connectivity index (χ4n) is 3.38. The molecular weight excluding hydrogens is 352 g/mol. The summed E-state index contributed by atoms with van der Waals surface area (Å²) < 4.78 is 5.19. The molecule has 1 aromatic rings. The van der Waals surface area contributed by atoms with E-state index < -0.39 is 0 Å². The molecule has 6 nitrogen and oxygen atoms in total. The fraction of sp³-hybridized carbons (Fsp3) is 0.636. The minimum Gasteiger partial charge on any atom is -0.497 e. The third kappa shape index (κ3) is 7.06. The average Bonchev–Trinajstić information content (AvgIpc) is 3.16. The molecule has 1 fully saturated rings. The van der Waals surface area contributed by atoms with Crippen LogP contribution in [-0.4, -0.2) is 56.1 Å². The van der Waals surface area contributed by atoms with Crippen LogP contribution in [0.2, 0.25) is 0 Å². The summed E-state index contributed by atoms with van der Waals surface area (Å²) in [5, 5.41) is 6.81. The van der Waals surface area contributed by atoms with Gasteiger partial charge in [0.2, 0.25) is 5.91 Å². The Bertz CT molecular complexity index is 628. The van der Waals surface area contributed by atoms with E-state index in [1.807, 2.05) is 30.9 Å². The fourth-order valence-corrected chi connectivity index (χ4v) is 3.38. The molecule has 1 aliphatic rings. The zero-order chi connectivity index (χ0) is 20.4. The van der Waals surface area contributed by atoms with Gasteiger partial charge in [-0.2, -0.15) is 0 Å². The summed E-state index contributed by atoms with van der Waals surface area (Å²) in [4.78, 5) is 18.8. The summed E-state index contributed by atoms with van der Waals surface area (Å²) in [6.45, 7) is 9.21. The minimum absolute atomic E-state index is 0.0614. The second-order valence-electron chi connectivity index (χ2n) is 7.63. The minimum atomic E-state index is 0.0614. The molecule has 1 saturated heterocycles. The van der Waals surface area contributed by atoms with Crippen LogP contribution in [0.1, 0.15) is 45.6 Å². The van der Waals surface area contributed by atoms with Crippen LogP contribution < -0.4 is 15.4 Å². The first-order chi connectivity index (χ1) is 13.5. The van der Waals surface area contributed by atoms with Crippen molar-refractivity contribution < 1.29 is 9.53 Å². The molecule has 0 spiro atoms. The predicted octanol–water partition coefficient (Wildman–Crippen LogP) is 2.83. The van der Waals surface area contributed by atoms with Crippen molar-refractivity contribution in [3.63, 3.8) is 0 Å². The quantitative estimate of drug-likeness (QED) is 0.388. The number of benzene rings is 1. The average molecular weight is 389 g/mol. The van der Waals surface area contributed by atoms with Crippen molar-refractivity contribution in [2.45, 2.75) is 52.5 Å². The van der Waals surface area contributed by atoms with E-state index in [0.717, 1.165) is 63.6 Å². The van der Waals surface area contributed by atoms with Crippen LogP contribution in [0.3, 0.4) is 0 Å². The Balaban J connectivity index is 1.73. The van der Waals surface area contributed by atoms with Gasteiger partial charge in [-0.3, -0.25) is 9.79 Å². The summed E-state index contributed by atoms with van der Waals surface area (Å²) in [6.07, 6.45) is 4.18. The van der Waals surface area contributed by atoms with Crippen LogP contribution in [0.5, 0.6) is 5.75 Å². The summed E-state index contributed by atoms with van der Waals surface area (Å²) in [5.41, 5.74) is 1.33. The topological polar surface area (TPSA) is 66.0 Å². The molecule has 0 aliphatic carbocycles. The van der Waals surface area contributed by atoms with E-state index in [-0.39, 0.29) is 17.9 Å². The second-order valence-corrected chi connectivity index (χ2v) is 7.63. The standard InChI is InChI=1S/C22H36N4O2/c1-5-23-22(25-19-13-15-26(16-19)21(27)17(2)3)24-14-7-6-8-18-9-11-20(28-4)12-10-18/h9-12,17,19H,5-8,13-16H2,1-4H3,(H2,23,24,25). The lowest BCUT2D eigenvalue weighted by Crippen LogP contribution is -2.45. The van der Waals surface area contributed by atoms with Gasteiger partial charge in [0.15, 0.2) is 5.96 Å². The van der Waals surface area contributed by atoms with Crippen molar-refractivity contribution in [3.05, 3.63) is 29.8 Å². The lowest BCUT2D eigenvalue weighted by molar-refractivity contribution is -0.133. The molecule has 1 aromatic carbocycles. The number of likely N-dealkylation sites (tertiary alicyclic amines) is 1. The molecule has 1 aliphatic heterocycles. The van der Waals surface area contributed by atoms with Crippen molar-refractivity contribution in [2.75, 3.05) is 33.3 Å². The number of unbranched alkanes of at least 4 members (excludes halogenated alkanes) is 1. The SMILES string of the molecule is CCNC(=NCCCCc1ccc(OC)cc1)NC1CCN(C(=O)C(C)C)C1. The highest BCUT2D eigenvalue weighted by molar-refractivity contribution is 5.81. The van der Waals surface area contributed by atoms with Gasteiger partial charge in [-0.15, -0.1) is 0 Å². The number of carbonyl (C=O) groups is 1. The van der Waals surface area contributed by atoms with Crippen LogP contribution in [-0.2, 0) is 11.2 Å². The van der Waals surface area contributed by atoms with Crippen molar-refractivity contribution in [2.24, 2.45) is 10.9 Å². The maximum Gasteiger partial charge on any atom is 0.225 e. The molecule has 1 unspecified atom stereocenters. The predicted molar refractivity (Wildman–Crippen MR) is 115 cm³/mol. The third-order valence-corrected chi connectivity index (χ3v) is 4.98. The number of carbonyl (C=O) groups excluding carboxylic acids is 1. The maximum atomic E-state index is 12.1.